The molecule has 1 saturated heterocycles. The average molecular weight is 338 g/mol. The zero-order valence-corrected chi connectivity index (χ0v) is 14.2. The van der Waals surface area contributed by atoms with Gasteiger partial charge in [-0.2, -0.15) is 0 Å². The molecule has 128 valence electrons. The molecule has 0 spiro atoms. The van der Waals surface area contributed by atoms with Crippen molar-refractivity contribution in [2.75, 3.05) is 19.8 Å². The highest BCUT2D eigenvalue weighted by molar-refractivity contribution is 7.10. The Morgan fingerprint density at radius 3 is 3.09 bits per heavy atom. The van der Waals surface area contributed by atoms with Gasteiger partial charge in [-0.05, 0) is 30.2 Å². The van der Waals surface area contributed by atoms with E-state index in [9.17, 15) is 9.90 Å². The Labute approximate surface area is 141 Å². The van der Waals surface area contributed by atoms with Crippen LogP contribution in [0.25, 0.3) is 0 Å². The molecule has 1 aliphatic heterocycles. The van der Waals surface area contributed by atoms with Crippen LogP contribution < -0.4 is 5.73 Å². The second-order valence-electron chi connectivity index (χ2n) is 6.64. The lowest BCUT2D eigenvalue weighted by atomic mass is 9.98. The van der Waals surface area contributed by atoms with Crippen LogP contribution in [0, 0.1) is 5.92 Å². The number of carbonyl (C=O) groups is 1. The van der Waals surface area contributed by atoms with E-state index in [1.54, 1.807) is 11.3 Å². The maximum absolute atomic E-state index is 12.7. The van der Waals surface area contributed by atoms with Gasteiger partial charge in [0.05, 0.1) is 25.4 Å². The number of aliphatic hydroxyl groups excluding tert-OH is 1. The highest BCUT2D eigenvalue weighted by Gasteiger charge is 2.33. The van der Waals surface area contributed by atoms with Crippen LogP contribution >= 0.6 is 11.3 Å². The maximum atomic E-state index is 12.7. The van der Waals surface area contributed by atoms with Crippen LogP contribution in [-0.4, -0.2) is 47.8 Å². The lowest BCUT2D eigenvalue weighted by molar-refractivity contribution is -0.142. The Kier molecular flexibility index (Phi) is 5.69. The molecule has 1 aliphatic carbocycles. The molecule has 1 amide bonds. The number of nitrogens with two attached hydrogens (primary N) is 1. The maximum Gasteiger partial charge on any atom is 0.223 e. The number of aliphatic hydroxyl groups is 1. The van der Waals surface area contributed by atoms with Gasteiger partial charge in [-0.15, -0.1) is 11.3 Å². The van der Waals surface area contributed by atoms with E-state index in [1.807, 2.05) is 22.4 Å². The van der Waals surface area contributed by atoms with Gasteiger partial charge < -0.3 is 20.5 Å². The number of morpholine rings is 1. The Morgan fingerprint density at radius 2 is 2.39 bits per heavy atom. The number of nitrogens with zero attached hydrogens (tertiary/aromatic N) is 1. The highest BCUT2D eigenvalue weighted by Crippen LogP contribution is 2.30. The number of ether oxygens (including phenoxy) is 1. The number of rotatable bonds is 5. The van der Waals surface area contributed by atoms with Crippen LogP contribution in [0.4, 0.5) is 0 Å². The van der Waals surface area contributed by atoms with Crippen molar-refractivity contribution in [3.05, 3.63) is 22.4 Å². The van der Waals surface area contributed by atoms with E-state index in [-0.39, 0.29) is 18.0 Å². The third-order valence-corrected chi connectivity index (χ3v) is 6.04. The van der Waals surface area contributed by atoms with Crippen LogP contribution in [-0.2, 0) is 9.53 Å². The van der Waals surface area contributed by atoms with Gasteiger partial charge in [-0.1, -0.05) is 12.5 Å². The van der Waals surface area contributed by atoms with E-state index >= 15 is 0 Å². The molecule has 5 nitrogen and oxygen atoms in total. The second kappa shape index (κ2) is 7.75. The molecule has 0 radical (unpaired) electrons. The topological polar surface area (TPSA) is 75.8 Å². The minimum absolute atomic E-state index is 0.0500. The van der Waals surface area contributed by atoms with Crippen LogP contribution in [0.15, 0.2) is 17.5 Å². The molecule has 2 heterocycles. The fourth-order valence-electron chi connectivity index (χ4n) is 3.69. The largest absolute Gasteiger partial charge is 0.387 e. The summed E-state index contributed by atoms with van der Waals surface area (Å²) in [6.45, 7) is 1.70. The predicted octanol–water partition coefficient (Wildman–Crippen LogP) is 1.92. The van der Waals surface area contributed by atoms with Crippen LogP contribution in [0.3, 0.4) is 0 Å². The summed E-state index contributed by atoms with van der Waals surface area (Å²) in [6, 6.07) is 3.98. The molecule has 3 N–H and O–H groups in total. The molecule has 4 atom stereocenters. The molecule has 0 bridgehead atoms. The summed E-state index contributed by atoms with van der Waals surface area (Å²) in [7, 11) is 0. The quantitative estimate of drug-likeness (QED) is 0.860. The average Bonchev–Trinajstić information content (AvgIpc) is 3.20. The van der Waals surface area contributed by atoms with Crippen LogP contribution in [0.1, 0.15) is 43.1 Å². The lowest BCUT2D eigenvalue weighted by Gasteiger charge is -2.37. The van der Waals surface area contributed by atoms with Crippen molar-refractivity contribution >= 4 is 17.2 Å². The Balaban J connectivity index is 1.60. The molecule has 1 aromatic rings. The molecule has 6 heteroatoms. The monoisotopic (exact) mass is 338 g/mol. The van der Waals surface area contributed by atoms with Crippen molar-refractivity contribution in [2.24, 2.45) is 11.7 Å². The van der Waals surface area contributed by atoms with Gasteiger partial charge >= 0.3 is 0 Å². The second-order valence-corrected chi connectivity index (χ2v) is 7.62. The molecule has 1 saturated carbocycles. The first-order valence-corrected chi connectivity index (χ1v) is 9.37. The highest BCUT2D eigenvalue weighted by atomic mass is 32.1. The van der Waals surface area contributed by atoms with Gasteiger partial charge in [0, 0.05) is 30.3 Å². The zero-order chi connectivity index (χ0) is 16.2. The molecule has 23 heavy (non-hydrogen) atoms. The summed E-state index contributed by atoms with van der Waals surface area (Å²) in [5.41, 5.74) is 6.10. The molecule has 2 aliphatic rings. The van der Waals surface area contributed by atoms with Gasteiger partial charge in [-0.25, -0.2) is 0 Å². The Morgan fingerprint density at radius 1 is 1.52 bits per heavy atom. The van der Waals surface area contributed by atoms with Crippen molar-refractivity contribution in [3.63, 3.8) is 0 Å². The minimum atomic E-state index is -0.536. The normalized spacial score (nSPS) is 29.7. The number of hydrogen-bond acceptors (Lipinski definition) is 5. The molecular formula is C17H26N2O3S. The number of amides is 1. The first kappa shape index (κ1) is 16.9. The summed E-state index contributed by atoms with van der Waals surface area (Å²) in [5.74, 6) is 0.479. The third kappa shape index (κ3) is 4.12. The van der Waals surface area contributed by atoms with Gasteiger partial charge in [0.25, 0.3) is 0 Å². The third-order valence-electron chi connectivity index (χ3n) is 5.07. The fraction of sp³-hybridized carbons (Fsp3) is 0.706. The number of thiophene rings is 1. The Hall–Kier alpha value is -0.950. The lowest BCUT2D eigenvalue weighted by Crippen LogP contribution is -2.50. The molecule has 1 aromatic heterocycles. The summed E-state index contributed by atoms with van der Waals surface area (Å²) in [4.78, 5) is 15.6. The van der Waals surface area contributed by atoms with Gasteiger partial charge in [-0.3, -0.25) is 4.79 Å². The standard InChI is InChI=1S/C17H26N2O3S/c18-14-4-1-3-12(14)9-17(21)19-6-7-22-11-13(19)10-15(20)16-5-2-8-23-16/h2,5,8,12-15,20H,1,3-4,6-7,9-11,18H2/t12-,13?,14+,15?/m0/s1. The summed E-state index contributed by atoms with van der Waals surface area (Å²) >= 11 is 1.54. The minimum Gasteiger partial charge on any atom is -0.387 e. The van der Waals surface area contributed by atoms with E-state index in [4.69, 9.17) is 10.5 Å². The fourth-order valence-corrected chi connectivity index (χ4v) is 4.42. The van der Waals surface area contributed by atoms with Crippen molar-refractivity contribution in [1.29, 1.82) is 0 Å². The predicted molar refractivity (Wildman–Crippen MR) is 90.1 cm³/mol. The SMILES string of the molecule is N[C@@H]1CCC[C@H]1CC(=O)N1CCOCC1CC(O)c1cccs1. The molecule has 2 fully saturated rings. The van der Waals surface area contributed by atoms with Crippen molar-refractivity contribution in [2.45, 2.75) is 50.3 Å². The summed E-state index contributed by atoms with van der Waals surface area (Å²) in [5, 5.41) is 12.3. The van der Waals surface area contributed by atoms with Crippen molar-refractivity contribution < 1.29 is 14.6 Å². The molecular weight excluding hydrogens is 312 g/mol. The van der Waals surface area contributed by atoms with E-state index in [1.165, 1.54) is 0 Å². The van der Waals surface area contributed by atoms with Gasteiger partial charge in [0.1, 0.15) is 0 Å². The van der Waals surface area contributed by atoms with Crippen molar-refractivity contribution in [1.82, 2.24) is 4.90 Å². The van der Waals surface area contributed by atoms with Gasteiger partial charge in [0.2, 0.25) is 5.91 Å². The van der Waals surface area contributed by atoms with Crippen LogP contribution in [0.2, 0.25) is 0 Å². The van der Waals surface area contributed by atoms with Gasteiger partial charge in [0.15, 0.2) is 0 Å². The summed E-state index contributed by atoms with van der Waals surface area (Å²) in [6.07, 6.45) is 3.74. The molecule has 2 unspecified atom stereocenters. The first-order valence-electron chi connectivity index (χ1n) is 8.49. The van der Waals surface area contributed by atoms with Crippen molar-refractivity contribution in [3.8, 4) is 0 Å². The van der Waals surface area contributed by atoms with Crippen LogP contribution in [0.5, 0.6) is 0 Å². The summed E-state index contributed by atoms with van der Waals surface area (Å²) < 4.78 is 5.55. The smallest absolute Gasteiger partial charge is 0.223 e. The number of hydrogen-bond donors (Lipinski definition) is 2. The Bertz CT molecular complexity index is 508. The van der Waals surface area contributed by atoms with E-state index in [0.29, 0.717) is 38.5 Å². The molecule has 0 aromatic carbocycles. The number of carbonyl (C=O) groups excluding carboxylic acids is 1. The van der Waals surface area contributed by atoms with E-state index < -0.39 is 6.10 Å². The first-order chi connectivity index (χ1) is 11.1. The van der Waals surface area contributed by atoms with E-state index in [2.05, 4.69) is 0 Å². The van der Waals surface area contributed by atoms with E-state index in [0.717, 1.165) is 24.1 Å². The molecule has 3 rings (SSSR count). The zero-order valence-electron chi connectivity index (χ0n) is 13.4.